The number of rotatable bonds is 6. The first-order valence-corrected chi connectivity index (χ1v) is 7.52. The maximum Gasteiger partial charge on any atom is 0.295 e. The van der Waals surface area contributed by atoms with Crippen molar-refractivity contribution in [2.75, 3.05) is 44.7 Å². The second-order valence-electron chi connectivity index (χ2n) is 5.25. The van der Waals surface area contributed by atoms with Crippen LogP contribution in [0.3, 0.4) is 0 Å². The van der Waals surface area contributed by atoms with E-state index in [1.165, 1.54) is 13.4 Å². The molecule has 7 nitrogen and oxygen atoms in total. The Morgan fingerprint density at radius 3 is 2.71 bits per heavy atom. The van der Waals surface area contributed by atoms with Crippen LogP contribution in [0.4, 0.5) is 5.82 Å². The third-order valence-electron chi connectivity index (χ3n) is 4.10. The standard InChI is InChI=1S/C14H25N5O2/c1-3-11(4-5-15)18-6-8-19(9-7-18)13-12(21-2)14(20)17-10-16-13/h10-11H,3-9,15H2,1-2H3,(H,16,17,20). The lowest BCUT2D eigenvalue weighted by Crippen LogP contribution is -2.51. The van der Waals surface area contributed by atoms with E-state index in [-0.39, 0.29) is 5.56 Å². The zero-order valence-corrected chi connectivity index (χ0v) is 12.8. The molecule has 0 saturated carbocycles. The Kier molecular flexibility index (Phi) is 5.58. The van der Waals surface area contributed by atoms with Crippen LogP contribution >= 0.6 is 0 Å². The summed E-state index contributed by atoms with van der Waals surface area (Å²) in [5.41, 5.74) is 5.45. The summed E-state index contributed by atoms with van der Waals surface area (Å²) >= 11 is 0. The summed E-state index contributed by atoms with van der Waals surface area (Å²) in [4.78, 5) is 23.1. The van der Waals surface area contributed by atoms with Gasteiger partial charge >= 0.3 is 0 Å². The molecule has 118 valence electrons. The zero-order chi connectivity index (χ0) is 15.2. The van der Waals surface area contributed by atoms with Crippen molar-refractivity contribution in [3.05, 3.63) is 16.7 Å². The Morgan fingerprint density at radius 1 is 1.43 bits per heavy atom. The van der Waals surface area contributed by atoms with Crippen molar-refractivity contribution >= 4 is 5.82 Å². The molecule has 0 radical (unpaired) electrons. The van der Waals surface area contributed by atoms with E-state index in [2.05, 4.69) is 26.7 Å². The summed E-state index contributed by atoms with van der Waals surface area (Å²) in [6.45, 7) is 6.52. The minimum atomic E-state index is -0.237. The van der Waals surface area contributed by atoms with Gasteiger partial charge in [-0.2, -0.15) is 0 Å². The van der Waals surface area contributed by atoms with Crippen LogP contribution in [0, 0.1) is 0 Å². The van der Waals surface area contributed by atoms with Crippen LogP contribution in [0.1, 0.15) is 19.8 Å². The van der Waals surface area contributed by atoms with Gasteiger partial charge in [-0.05, 0) is 19.4 Å². The largest absolute Gasteiger partial charge is 0.489 e. The van der Waals surface area contributed by atoms with Gasteiger partial charge in [-0.25, -0.2) is 4.98 Å². The monoisotopic (exact) mass is 295 g/mol. The third-order valence-corrected chi connectivity index (χ3v) is 4.10. The third kappa shape index (κ3) is 3.54. The normalized spacial score (nSPS) is 17.8. The number of piperazine rings is 1. The molecular weight excluding hydrogens is 270 g/mol. The predicted octanol–water partition coefficient (Wildman–Crippen LogP) is 0.0279. The van der Waals surface area contributed by atoms with Gasteiger partial charge in [0.15, 0.2) is 5.82 Å². The molecule has 1 saturated heterocycles. The lowest BCUT2D eigenvalue weighted by molar-refractivity contribution is 0.172. The number of nitrogens with one attached hydrogen (secondary N) is 1. The highest BCUT2D eigenvalue weighted by atomic mass is 16.5. The summed E-state index contributed by atoms with van der Waals surface area (Å²) in [7, 11) is 1.50. The molecule has 2 rings (SSSR count). The van der Waals surface area contributed by atoms with Gasteiger partial charge in [0.2, 0.25) is 5.75 Å². The minimum Gasteiger partial charge on any atom is -0.489 e. The lowest BCUT2D eigenvalue weighted by Gasteiger charge is -2.39. The van der Waals surface area contributed by atoms with Crippen LogP contribution in [-0.4, -0.2) is 60.7 Å². The fourth-order valence-corrected chi connectivity index (χ4v) is 2.92. The summed E-state index contributed by atoms with van der Waals surface area (Å²) in [5, 5.41) is 0. The molecule has 1 unspecified atom stereocenters. The Bertz CT molecular complexity index is 496. The van der Waals surface area contributed by atoms with Crippen molar-refractivity contribution < 1.29 is 4.74 Å². The van der Waals surface area contributed by atoms with Crippen molar-refractivity contribution in [3.8, 4) is 5.75 Å². The van der Waals surface area contributed by atoms with E-state index in [0.717, 1.165) is 45.6 Å². The Balaban J connectivity index is 2.04. The number of aromatic nitrogens is 2. The molecule has 0 amide bonds. The SMILES string of the molecule is CCC(CCN)N1CCN(c2nc[nH]c(=O)c2OC)CC1. The molecule has 2 heterocycles. The summed E-state index contributed by atoms with van der Waals surface area (Å²) in [5.74, 6) is 0.924. The van der Waals surface area contributed by atoms with Crippen molar-refractivity contribution in [2.45, 2.75) is 25.8 Å². The lowest BCUT2D eigenvalue weighted by atomic mass is 10.1. The smallest absolute Gasteiger partial charge is 0.295 e. The second-order valence-corrected chi connectivity index (χ2v) is 5.25. The van der Waals surface area contributed by atoms with Crippen molar-refractivity contribution in [3.63, 3.8) is 0 Å². The molecule has 1 atom stereocenters. The van der Waals surface area contributed by atoms with E-state index in [4.69, 9.17) is 10.5 Å². The van der Waals surface area contributed by atoms with Crippen LogP contribution in [0.25, 0.3) is 0 Å². The quantitative estimate of drug-likeness (QED) is 0.770. The number of ether oxygens (including phenoxy) is 1. The first-order chi connectivity index (χ1) is 10.2. The maximum absolute atomic E-state index is 11.7. The summed E-state index contributed by atoms with van der Waals surface area (Å²) < 4.78 is 5.19. The fourth-order valence-electron chi connectivity index (χ4n) is 2.92. The van der Waals surface area contributed by atoms with E-state index in [0.29, 0.717) is 17.6 Å². The summed E-state index contributed by atoms with van der Waals surface area (Å²) in [6, 6.07) is 0.547. The molecule has 1 aromatic rings. The molecule has 21 heavy (non-hydrogen) atoms. The van der Waals surface area contributed by atoms with Crippen molar-refractivity contribution in [1.29, 1.82) is 0 Å². The van der Waals surface area contributed by atoms with E-state index in [1.54, 1.807) is 0 Å². The topological polar surface area (TPSA) is 87.5 Å². The summed E-state index contributed by atoms with van der Waals surface area (Å²) in [6.07, 6.45) is 3.57. The van der Waals surface area contributed by atoms with E-state index >= 15 is 0 Å². The molecule has 0 aromatic carbocycles. The van der Waals surface area contributed by atoms with Gasteiger partial charge in [0.05, 0.1) is 13.4 Å². The van der Waals surface area contributed by atoms with E-state index in [9.17, 15) is 4.79 Å². The van der Waals surface area contributed by atoms with Gasteiger partial charge in [-0.1, -0.05) is 6.92 Å². The predicted molar refractivity (Wildman–Crippen MR) is 82.9 cm³/mol. The van der Waals surface area contributed by atoms with Crippen LogP contribution in [-0.2, 0) is 0 Å². The van der Waals surface area contributed by atoms with Gasteiger partial charge in [-0.15, -0.1) is 0 Å². The number of anilines is 1. The van der Waals surface area contributed by atoms with Crippen LogP contribution in [0.2, 0.25) is 0 Å². The molecule has 1 aliphatic rings. The zero-order valence-electron chi connectivity index (χ0n) is 12.8. The van der Waals surface area contributed by atoms with Crippen LogP contribution < -0.4 is 20.9 Å². The van der Waals surface area contributed by atoms with Gasteiger partial charge < -0.3 is 20.4 Å². The number of hydrogen-bond acceptors (Lipinski definition) is 6. The van der Waals surface area contributed by atoms with Gasteiger partial charge in [0.1, 0.15) is 0 Å². The Labute approximate surface area is 125 Å². The molecule has 1 fully saturated rings. The fraction of sp³-hybridized carbons (Fsp3) is 0.714. The molecular formula is C14H25N5O2. The highest BCUT2D eigenvalue weighted by Crippen LogP contribution is 2.22. The number of H-pyrrole nitrogens is 1. The molecule has 0 spiro atoms. The number of hydrogen-bond donors (Lipinski definition) is 2. The van der Waals surface area contributed by atoms with Crippen LogP contribution in [0.5, 0.6) is 5.75 Å². The molecule has 1 aliphatic heterocycles. The van der Waals surface area contributed by atoms with Gasteiger partial charge in [0, 0.05) is 32.2 Å². The van der Waals surface area contributed by atoms with Gasteiger partial charge in [0.25, 0.3) is 5.56 Å². The average molecular weight is 295 g/mol. The van der Waals surface area contributed by atoms with Crippen LogP contribution in [0.15, 0.2) is 11.1 Å². The number of nitrogens with zero attached hydrogens (tertiary/aromatic N) is 3. The van der Waals surface area contributed by atoms with Gasteiger partial charge in [-0.3, -0.25) is 9.69 Å². The average Bonchev–Trinajstić information content (AvgIpc) is 2.52. The highest BCUT2D eigenvalue weighted by Gasteiger charge is 2.25. The molecule has 0 aliphatic carbocycles. The second kappa shape index (κ2) is 7.42. The Morgan fingerprint density at radius 2 is 2.14 bits per heavy atom. The maximum atomic E-state index is 11.7. The number of aromatic amines is 1. The van der Waals surface area contributed by atoms with Crippen molar-refractivity contribution in [1.82, 2.24) is 14.9 Å². The number of nitrogens with two attached hydrogens (primary N) is 1. The first kappa shape index (κ1) is 15.8. The molecule has 7 heteroatoms. The highest BCUT2D eigenvalue weighted by molar-refractivity contribution is 5.51. The molecule has 0 bridgehead atoms. The molecule has 3 N–H and O–H groups in total. The minimum absolute atomic E-state index is 0.237. The number of methoxy groups -OCH3 is 1. The van der Waals surface area contributed by atoms with E-state index < -0.39 is 0 Å². The Hall–Kier alpha value is -1.60. The van der Waals surface area contributed by atoms with Crippen molar-refractivity contribution in [2.24, 2.45) is 5.73 Å². The first-order valence-electron chi connectivity index (χ1n) is 7.52. The molecule has 1 aromatic heterocycles. The van der Waals surface area contributed by atoms with E-state index in [1.807, 2.05) is 0 Å².